The van der Waals surface area contributed by atoms with Crippen molar-refractivity contribution in [2.24, 2.45) is 11.8 Å². The lowest BCUT2D eigenvalue weighted by Gasteiger charge is -2.36. The van der Waals surface area contributed by atoms with E-state index in [2.05, 4.69) is 10.2 Å². The third-order valence-electron chi connectivity index (χ3n) is 7.05. The Labute approximate surface area is 182 Å². The van der Waals surface area contributed by atoms with Gasteiger partial charge in [0.15, 0.2) is 0 Å². The maximum atomic E-state index is 13.8. The van der Waals surface area contributed by atoms with Crippen molar-refractivity contribution >= 4 is 52.3 Å². The number of hydrogen-bond donors (Lipinski definition) is 1. The Morgan fingerprint density at radius 1 is 1.03 bits per heavy atom. The first-order chi connectivity index (χ1) is 14.5. The second-order valence-electron chi connectivity index (χ2n) is 8.28. The number of hydrogen-bond acceptors (Lipinski definition) is 4. The van der Waals surface area contributed by atoms with Gasteiger partial charge in [-0.2, -0.15) is 0 Å². The van der Waals surface area contributed by atoms with Gasteiger partial charge in [-0.05, 0) is 43.7 Å². The van der Waals surface area contributed by atoms with E-state index in [1.54, 1.807) is 12.1 Å². The molecule has 2 aromatic carbocycles. The quantitative estimate of drug-likeness (QED) is 0.688. The number of benzene rings is 2. The maximum absolute atomic E-state index is 13.8. The summed E-state index contributed by atoms with van der Waals surface area (Å²) in [6.07, 6.45) is 1.65. The van der Waals surface area contributed by atoms with Gasteiger partial charge in [-0.15, -0.1) is 0 Å². The van der Waals surface area contributed by atoms with Crippen LogP contribution in [0.5, 0.6) is 0 Å². The lowest BCUT2D eigenvalue weighted by atomic mass is 9.75. The third-order valence-corrected chi connectivity index (χ3v) is 7.60. The fraction of sp³-hybridized carbons (Fsp3) is 0.318. The third kappa shape index (κ3) is 2.02. The molecule has 152 valence electrons. The molecular formula is C22H17Cl2N3O3. The van der Waals surface area contributed by atoms with Gasteiger partial charge in [-0.25, -0.2) is 4.90 Å². The van der Waals surface area contributed by atoms with Gasteiger partial charge < -0.3 is 5.32 Å². The standard InChI is InChI=1S/C22H17Cl2N3O3/c23-11-7-8-13(24)16(10-11)27-19(28)17-15-6-3-9-26(15)22(18(17)20(27)29)12-4-1-2-5-14(12)25-21(22)30/h1-2,4-5,7-8,10,15,17-18H,3,6,9H2,(H,25,30)/t15-,17-,18+,22-/m1/s1. The molecule has 0 aliphatic carbocycles. The molecule has 4 aliphatic rings. The van der Waals surface area contributed by atoms with Gasteiger partial charge in [-0.1, -0.05) is 41.4 Å². The second kappa shape index (κ2) is 6.06. The summed E-state index contributed by atoms with van der Waals surface area (Å²) < 4.78 is 0. The number of carbonyl (C=O) groups is 3. The highest BCUT2D eigenvalue weighted by Crippen LogP contribution is 2.60. The predicted octanol–water partition coefficient (Wildman–Crippen LogP) is 3.42. The average Bonchev–Trinajstić information content (AvgIpc) is 3.42. The van der Waals surface area contributed by atoms with Gasteiger partial charge in [0.1, 0.15) is 5.54 Å². The predicted molar refractivity (Wildman–Crippen MR) is 112 cm³/mol. The molecule has 4 heterocycles. The van der Waals surface area contributed by atoms with Gasteiger partial charge in [0.05, 0.1) is 22.5 Å². The zero-order valence-corrected chi connectivity index (χ0v) is 17.3. The van der Waals surface area contributed by atoms with Crippen molar-refractivity contribution in [2.75, 3.05) is 16.8 Å². The molecule has 4 aliphatic heterocycles. The molecule has 4 atom stereocenters. The topological polar surface area (TPSA) is 69.7 Å². The Balaban J connectivity index is 1.57. The number of nitrogens with one attached hydrogen (secondary N) is 1. The molecule has 0 saturated carbocycles. The first-order valence-electron chi connectivity index (χ1n) is 9.97. The number of carbonyl (C=O) groups excluding carboxylic acids is 3. The molecule has 0 unspecified atom stereocenters. The second-order valence-corrected chi connectivity index (χ2v) is 9.12. The number of fused-ring (bicyclic) bond motifs is 7. The molecule has 0 radical (unpaired) electrons. The van der Waals surface area contributed by atoms with Crippen LogP contribution in [0.3, 0.4) is 0 Å². The van der Waals surface area contributed by atoms with Crippen LogP contribution in [0, 0.1) is 11.8 Å². The van der Waals surface area contributed by atoms with Crippen molar-refractivity contribution in [1.82, 2.24) is 4.90 Å². The number of rotatable bonds is 1. The fourth-order valence-corrected chi connectivity index (χ4v) is 6.42. The van der Waals surface area contributed by atoms with E-state index in [1.165, 1.54) is 6.07 Å². The Morgan fingerprint density at radius 3 is 2.67 bits per heavy atom. The molecule has 30 heavy (non-hydrogen) atoms. The van der Waals surface area contributed by atoms with Crippen LogP contribution >= 0.6 is 23.2 Å². The molecular weight excluding hydrogens is 425 g/mol. The Hall–Kier alpha value is -2.41. The number of para-hydroxylation sites is 1. The van der Waals surface area contributed by atoms with Crippen LogP contribution in [-0.4, -0.2) is 35.2 Å². The SMILES string of the molecule is O=C1[C@@H]2[C@H]3CCCN3[C@@]3(C(=O)Nc4ccccc43)[C@@H]2C(=O)N1c1cc(Cl)ccc1Cl. The van der Waals surface area contributed by atoms with E-state index in [4.69, 9.17) is 23.2 Å². The normalized spacial score (nSPS) is 32.0. The van der Waals surface area contributed by atoms with Crippen LogP contribution < -0.4 is 10.2 Å². The number of halogens is 2. The van der Waals surface area contributed by atoms with Crippen molar-refractivity contribution < 1.29 is 14.4 Å². The molecule has 3 fully saturated rings. The fourth-order valence-electron chi connectivity index (χ4n) is 6.05. The lowest BCUT2D eigenvalue weighted by Crippen LogP contribution is -2.54. The average molecular weight is 442 g/mol. The Morgan fingerprint density at radius 2 is 1.83 bits per heavy atom. The molecule has 2 aromatic rings. The van der Waals surface area contributed by atoms with E-state index < -0.39 is 23.3 Å². The minimum atomic E-state index is -1.17. The number of anilines is 2. The molecule has 0 bridgehead atoms. The highest BCUT2D eigenvalue weighted by atomic mass is 35.5. The van der Waals surface area contributed by atoms with Crippen molar-refractivity contribution in [3.63, 3.8) is 0 Å². The summed E-state index contributed by atoms with van der Waals surface area (Å²) in [5.74, 6) is -2.32. The monoisotopic (exact) mass is 441 g/mol. The van der Waals surface area contributed by atoms with Crippen molar-refractivity contribution in [3.8, 4) is 0 Å². The van der Waals surface area contributed by atoms with E-state index >= 15 is 0 Å². The van der Waals surface area contributed by atoms with Crippen molar-refractivity contribution in [1.29, 1.82) is 0 Å². The van der Waals surface area contributed by atoms with Crippen molar-refractivity contribution in [3.05, 3.63) is 58.1 Å². The smallest absolute Gasteiger partial charge is 0.250 e. The van der Waals surface area contributed by atoms with E-state index in [-0.39, 0.29) is 28.6 Å². The summed E-state index contributed by atoms with van der Waals surface area (Å²) in [5.41, 5.74) is 0.581. The summed E-state index contributed by atoms with van der Waals surface area (Å²) in [6.45, 7) is 0.678. The van der Waals surface area contributed by atoms with Crippen LogP contribution in [0.15, 0.2) is 42.5 Å². The van der Waals surface area contributed by atoms with Crippen molar-refractivity contribution in [2.45, 2.75) is 24.4 Å². The van der Waals surface area contributed by atoms with E-state index in [0.29, 0.717) is 17.3 Å². The minimum absolute atomic E-state index is 0.161. The zero-order valence-electron chi connectivity index (χ0n) is 15.8. The summed E-state index contributed by atoms with van der Waals surface area (Å²) in [5, 5.41) is 3.61. The number of nitrogens with zero attached hydrogens (tertiary/aromatic N) is 2. The molecule has 1 spiro atoms. The molecule has 6 rings (SSSR count). The molecule has 0 aromatic heterocycles. The van der Waals surface area contributed by atoms with E-state index in [9.17, 15) is 14.4 Å². The van der Waals surface area contributed by atoms with Crippen LogP contribution in [0.2, 0.25) is 10.0 Å². The Kier molecular flexibility index (Phi) is 3.71. The first kappa shape index (κ1) is 18.4. The van der Waals surface area contributed by atoms with Gasteiger partial charge in [0.2, 0.25) is 17.7 Å². The summed E-state index contributed by atoms with van der Waals surface area (Å²) >= 11 is 12.5. The van der Waals surface area contributed by atoms with Crippen LogP contribution in [-0.2, 0) is 19.9 Å². The molecule has 6 nitrogen and oxygen atoms in total. The van der Waals surface area contributed by atoms with Gasteiger partial charge in [-0.3, -0.25) is 19.3 Å². The zero-order chi connectivity index (χ0) is 20.8. The molecule has 8 heteroatoms. The van der Waals surface area contributed by atoms with Gasteiger partial charge in [0.25, 0.3) is 0 Å². The lowest BCUT2D eigenvalue weighted by molar-refractivity contribution is -0.135. The number of amides is 3. The van der Waals surface area contributed by atoms with Crippen LogP contribution in [0.4, 0.5) is 11.4 Å². The number of imide groups is 1. The van der Waals surface area contributed by atoms with Gasteiger partial charge >= 0.3 is 0 Å². The maximum Gasteiger partial charge on any atom is 0.250 e. The highest BCUT2D eigenvalue weighted by molar-refractivity contribution is 6.38. The first-order valence-corrected chi connectivity index (χ1v) is 10.7. The largest absolute Gasteiger partial charge is 0.324 e. The van der Waals surface area contributed by atoms with E-state index in [0.717, 1.165) is 23.3 Å². The van der Waals surface area contributed by atoms with Crippen LogP contribution in [0.25, 0.3) is 0 Å². The van der Waals surface area contributed by atoms with E-state index in [1.807, 2.05) is 24.3 Å². The molecule has 1 N–H and O–H groups in total. The molecule has 3 saturated heterocycles. The van der Waals surface area contributed by atoms with Crippen LogP contribution in [0.1, 0.15) is 18.4 Å². The Bertz CT molecular complexity index is 1150. The summed E-state index contributed by atoms with van der Waals surface area (Å²) in [4.78, 5) is 44.1. The minimum Gasteiger partial charge on any atom is -0.324 e. The highest BCUT2D eigenvalue weighted by Gasteiger charge is 2.74. The summed E-state index contributed by atoms with van der Waals surface area (Å²) in [7, 11) is 0. The molecule has 3 amide bonds. The summed E-state index contributed by atoms with van der Waals surface area (Å²) in [6, 6.07) is 12.0. The van der Waals surface area contributed by atoms with Gasteiger partial charge in [0, 0.05) is 22.3 Å².